The Morgan fingerprint density at radius 1 is 1.48 bits per heavy atom. The van der Waals surface area contributed by atoms with Gasteiger partial charge in [-0.2, -0.15) is 5.10 Å². The number of benzene rings is 1. The van der Waals surface area contributed by atoms with Gasteiger partial charge in [0.15, 0.2) is 0 Å². The van der Waals surface area contributed by atoms with Crippen LogP contribution in [-0.4, -0.2) is 25.7 Å². The maximum Gasteiger partial charge on any atom is 0.274 e. The van der Waals surface area contributed by atoms with Gasteiger partial charge in [0.1, 0.15) is 12.2 Å². The van der Waals surface area contributed by atoms with Gasteiger partial charge < -0.3 is 5.32 Å². The first kappa shape index (κ1) is 15.4. The van der Waals surface area contributed by atoms with Gasteiger partial charge in [0.05, 0.1) is 23.6 Å². The van der Waals surface area contributed by atoms with Crippen LogP contribution in [0.1, 0.15) is 25.2 Å². The Morgan fingerprint density at radius 2 is 2.24 bits per heavy atom. The Morgan fingerprint density at radius 3 is 2.90 bits per heavy atom. The van der Waals surface area contributed by atoms with E-state index in [4.69, 9.17) is 11.6 Å². The van der Waals surface area contributed by atoms with Gasteiger partial charge in [0.25, 0.3) is 5.69 Å². The molecule has 0 spiro atoms. The van der Waals surface area contributed by atoms with Gasteiger partial charge >= 0.3 is 0 Å². The molecule has 1 aromatic heterocycles. The molecule has 1 heterocycles. The smallest absolute Gasteiger partial charge is 0.274 e. The molecule has 7 nitrogen and oxygen atoms in total. The molecule has 0 atom stereocenters. The summed E-state index contributed by atoms with van der Waals surface area (Å²) in [6, 6.07) is 4.81. The summed E-state index contributed by atoms with van der Waals surface area (Å²) in [7, 11) is 0. The van der Waals surface area contributed by atoms with Crippen LogP contribution in [0.5, 0.6) is 0 Å². The summed E-state index contributed by atoms with van der Waals surface area (Å²) in [5.41, 5.74) is 0.529. The summed E-state index contributed by atoms with van der Waals surface area (Å²) >= 11 is 5.92. The maximum absolute atomic E-state index is 11.1. The standard InChI is InChI=1S/C13H16ClN5O2/c1-9(2)15-6-13-16-8-17-18(13)7-10-5-11(14)3-4-12(10)19(20)21/h3-5,8-9,15H,6-7H2,1-2H3. The van der Waals surface area contributed by atoms with E-state index in [0.717, 1.165) is 5.82 Å². The first-order valence-corrected chi connectivity index (χ1v) is 6.88. The van der Waals surface area contributed by atoms with Crippen molar-refractivity contribution in [2.24, 2.45) is 0 Å². The van der Waals surface area contributed by atoms with Crippen LogP contribution in [0, 0.1) is 10.1 Å². The van der Waals surface area contributed by atoms with Crippen molar-refractivity contribution in [3.05, 3.63) is 51.1 Å². The molecule has 0 saturated carbocycles. The number of hydrogen-bond acceptors (Lipinski definition) is 5. The Labute approximate surface area is 127 Å². The van der Waals surface area contributed by atoms with Crippen molar-refractivity contribution in [3.8, 4) is 0 Å². The lowest BCUT2D eigenvalue weighted by Crippen LogP contribution is -2.24. The summed E-state index contributed by atoms with van der Waals surface area (Å²) in [6.07, 6.45) is 1.44. The lowest BCUT2D eigenvalue weighted by atomic mass is 10.2. The second-order valence-corrected chi connectivity index (χ2v) is 5.34. The van der Waals surface area contributed by atoms with Crippen molar-refractivity contribution >= 4 is 17.3 Å². The average Bonchev–Trinajstić information content (AvgIpc) is 2.83. The molecule has 1 aromatic carbocycles. The van der Waals surface area contributed by atoms with Crippen molar-refractivity contribution in [2.75, 3.05) is 0 Å². The van der Waals surface area contributed by atoms with Crippen LogP contribution in [0.3, 0.4) is 0 Å². The molecule has 2 rings (SSSR count). The molecule has 0 aliphatic rings. The van der Waals surface area contributed by atoms with Gasteiger partial charge in [-0.25, -0.2) is 9.67 Å². The Bertz CT molecular complexity index is 641. The first-order chi connectivity index (χ1) is 9.97. The van der Waals surface area contributed by atoms with E-state index in [1.807, 2.05) is 13.8 Å². The average molecular weight is 310 g/mol. The molecule has 2 aromatic rings. The fourth-order valence-electron chi connectivity index (χ4n) is 1.87. The number of nitrogens with one attached hydrogen (secondary N) is 1. The zero-order chi connectivity index (χ0) is 15.4. The Kier molecular flexibility index (Phi) is 4.87. The second-order valence-electron chi connectivity index (χ2n) is 4.90. The van der Waals surface area contributed by atoms with Gasteiger partial charge in [-0.3, -0.25) is 10.1 Å². The minimum atomic E-state index is -0.422. The predicted octanol–water partition coefficient (Wildman–Crippen LogP) is 2.39. The van der Waals surface area contributed by atoms with E-state index in [2.05, 4.69) is 15.4 Å². The highest BCUT2D eigenvalue weighted by Crippen LogP contribution is 2.23. The SMILES string of the molecule is CC(C)NCc1ncnn1Cc1cc(Cl)ccc1[N+](=O)[O-]. The molecule has 0 bridgehead atoms. The largest absolute Gasteiger partial charge is 0.308 e. The van der Waals surface area contributed by atoms with Crippen molar-refractivity contribution < 1.29 is 4.92 Å². The van der Waals surface area contributed by atoms with Gasteiger partial charge in [-0.1, -0.05) is 25.4 Å². The first-order valence-electron chi connectivity index (χ1n) is 6.50. The minimum Gasteiger partial charge on any atom is -0.308 e. The van der Waals surface area contributed by atoms with Gasteiger partial charge in [0.2, 0.25) is 0 Å². The third-order valence-corrected chi connectivity index (χ3v) is 3.16. The molecule has 0 aliphatic heterocycles. The van der Waals surface area contributed by atoms with Gasteiger partial charge in [0, 0.05) is 17.1 Å². The lowest BCUT2D eigenvalue weighted by Gasteiger charge is -2.10. The van der Waals surface area contributed by atoms with E-state index in [1.54, 1.807) is 10.7 Å². The monoisotopic (exact) mass is 309 g/mol. The number of rotatable bonds is 6. The lowest BCUT2D eigenvalue weighted by molar-refractivity contribution is -0.385. The van der Waals surface area contributed by atoms with Crippen LogP contribution in [-0.2, 0) is 13.1 Å². The summed E-state index contributed by atoms with van der Waals surface area (Å²) in [5.74, 6) is 0.720. The van der Waals surface area contributed by atoms with Crippen molar-refractivity contribution in [2.45, 2.75) is 33.0 Å². The summed E-state index contributed by atoms with van der Waals surface area (Å²) in [5, 5.41) is 18.9. The van der Waals surface area contributed by atoms with Gasteiger partial charge in [-0.15, -0.1) is 0 Å². The molecule has 0 amide bonds. The zero-order valence-corrected chi connectivity index (χ0v) is 12.5. The highest BCUT2D eigenvalue weighted by atomic mass is 35.5. The Balaban J connectivity index is 2.24. The van der Waals surface area contributed by atoms with Gasteiger partial charge in [-0.05, 0) is 12.1 Å². The van der Waals surface area contributed by atoms with Crippen LogP contribution in [0.2, 0.25) is 5.02 Å². The molecule has 0 aliphatic carbocycles. The molecule has 1 N–H and O–H groups in total. The Hall–Kier alpha value is -1.99. The number of halogens is 1. The van der Waals surface area contributed by atoms with E-state index in [9.17, 15) is 10.1 Å². The number of nitro groups is 1. The van der Waals surface area contributed by atoms with Crippen molar-refractivity contribution in [1.29, 1.82) is 0 Å². The minimum absolute atomic E-state index is 0.0256. The predicted molar refractivity (Wildman–Crippen MR) is 79.2 cm³/mol. The van der Waals surface area contributed by atoms with Crippen molar-refractivity contribution in [1.82, 2.24) is 20.1 Å². The second kappa shape index (κ2) is 6.64. The van der Waals surface area contributed by atoms with E-state index in [1.165, 1.54) is 18.5 Å². The molecular weight excluding hydrogens is 294 g/mol. The van der Waals surface area contributed by atoms with Crippen LogP contribution in [0.15, 0.2) is 24.5 Å². The van der Waals surface area contributed by atoms with Crippen LogP contribution < -0.4 is 5.32 Å². The highest BCUT2D eigenvalue weighted by Gasteiger charge is 2.16. The molecular formula is C13H16ClN5O2. The van der Waals surface area contributed by atoms with Crippen molar-refractivity contribution in [3.63, 3.8) is 0 Å². The third kappa shape index (κ3) is 3.99. The fraction of sp³-hybridized carbons (Fsp3) is 0.385. The maximum atomic E-state index is 11.1. The number of nitrogens with zero attached hydrogens (tertiary/aromatic N) is 4. The molecule has 0 fully saturated rings. The van der Waals surface area contributed by atoms with Crippen LogP contribution >= 0.6 is 11.6 Å². The topological polar surface area (TPSA) is 85.9 Å². The highest BCUT2D eigenvalue weighted by molar-refractivity contribution is 6.30. The van der Waals surface area contributed by atoms with E-state index >= 15 is 0 Å². The number of aromatic nitrogens is 3. The molecule has 8 heteroatoms. The molecule has 0 unspecified atom stereocenters. The molecule has 21 heavy (non-hydrogen) atoms. The number of nitro benzene ring substituents is 1. The summed E-state index contributed by atoms with van der Waals surface area (Å²) in [4.78, 5) is 14.8. The molecule has 0 saturated heterocycles. The summed E-state index contributed by atoms with van der Waals surface area (Å²) < 4.78 is 1.63. The van der Waals surface area contributed by atoms with Crippen LogP contribution in [0.4, 0.5) is 5.69 Å². The van der Waals surface area contributed by atoms with E-state index < -0.39 is 4.92 Å². The quantitative estimate of drug-likeness (QED) is 0.654. The van der Waals surface area contributed by atoms with E-state index in [0.29, 0.717) is 23.2 Å². The normalized spacial score (nSPS) is 11.0. The molecule has 112 valence electrons. The number of hydrogen-bond donors (Lipinski definition) is 1. The van der Waals surface area contributed by atoms with Crippen LogP contribution in [0.25, 0.3) is 0 Å². The summed E-state index contributed by atoms with van der Waals surface area (Å²) in [6.45, 7) is 4.86. The van der Waals surface area contributed by atoms with E-state index in [-0.39, 0.29) is 12.2 Å². The zero-order valence-electron chi connectivity index (χ0n) is 11.8. The third-order valence-electron chi connectivity index (χ3n) is 2.92. The fourth-order valence-corrected chi connectivity index (χ4v) is 2.07. The molecule has 0 radical (unpaired) electrons.